The zero-order valence-electron chi connectivity index (χ0n) is 16.1. The van der Waals surface area contributed by atoms with Crippen molar-refractivity contribution in [1.82, 2.24) is 14.5 Å². The molecular weight excluding hydrogens is 384 g/mol. The third-order valence-corrected chi connectivity index (χ3v) is 5.19. The van der Waals surface area contributed by atoms with Crippen LogP contribution in [-0.4, -0.2) is 26.5 Å². The van der Waals surface area contributed by atoms with Gasteiger partial charge in [0.25, 0.3) is 5.91 Å². The standard InChI is InChI=1S/C22H20N4O2S/c1-15(28-18-11-7-4-8-12-18)21(27)25-20-13-23-16(2)26(20)22-24-19(14-29-22)17-9-5-3-6-10-17/h3-15H,1-2H3,(H,25,27). The number of nitrogens with one attached hydrogen (secondary N) is 1. The lowest BCUT2D eigenvalue weighted by atomic mass is 10.2. The summed E-state index contributed by atoms with van der Waals surface area (Å²) in [6.07, 6.45) is 0.976. The van der Waals surface area contributed by atoms with Crippen LogP contribution in [0.3, 0.4) is 0 Å². The van der Waals surface area contributed by atoms with Crippen LogP contribution in [0.2, 0.25) is 0 Å². The molecule has 0 aliphatic rings. The molecule has 0 aliphatic carbocycles. The highest BCUT2D eigenvalue weighted by molar-refractivity contribution is 7.12. The second-order valence-electron chi connectivity index (χ2n) is 6.47. The Kier molecular flexibility index (Phi) is 5.39. The van der Waals surface area contributed by atoms with E-state index in [0.717, 1.165) is 22.2 Å². The minimum atomic E-state index is -0.655. The molecule has 4 rings (SSSR count). The first-order chi connectivity index (χ1) is 14.1. The van der Waals surface area contributed by atoms with Gasteiger partial charge in [0.2, 0.25) is 0 Å². The van der Waals surface area contributed by atoms with Gasteiger partial charge in [0.15, 0.2) is 11.2 Å². The van der Waals surface area contributed by atoms with Crippen LogP contribution in [-0.2, 0) is 4.79 Å². The second kappa shape index (κ2) is 8.28. The zero-order chi connectivity index (χ0) is 20.2. The van der Waals surface area contributed by atoms with Crippen LogP contribution < -0.4 is 10.1 Å². The monoisotopic (exact) mass is 404 g/mol. The molecular formula is C22H20N4O2S. The Labute approximate surface area is 172 Å². The SMILES string of the molecule is Cc1ncc(NC(=O)C(C)Oc2ccccc2)n1-c1nc(-c2ccccc2)cs1. The highest BCUT2D eigenvalue weighted by Crippen LogP contribution is 2.27. The van der Waals surface area contributed by atoms with Crippen molar-refractivity contribution in [3.63, 3.8) is 0 Å². The molecule has 0 saturated heterocycles. The van der Waals surface area contributed by atoms with Gasteiger partial charge in [-0.2, -0.15) is 0 Å². The number of benzene rings is 2. The van der Waals surface area contributed by atoms with Crippen molar-refractivity contribution in [3.05, 3.63) is 78.1 Å². The third-order valence-electron chi connectivity index (χ3n) is 4.37. The van der Waals surface area contributed by atoms with Gasteiger partial charge in [0, 0.05) is 10.9 Å². The number of aromatic nitrogens is 3. The van der Waals surface area contributed by atoms with Gasteiger partial charge in [0.1, 0.15) is 17.4 Å². The Morgan fingerprint density at radius 2 is 1.79 bits per heavy atom. The fourth-order valence-electron chi connectivity index (χ4n) is 2.87. The van der Waals surface area contributed by atoms with Crippen molar-refractivity contribution in [2.24, 2.45) is 0 Å². The second-order valence-corrected chi connectivity index (χ2v) is 7.31. The average Bonchev–Trinajstić information content (AvgIpc) is 3.36. The van der Waals surface area contributed by atoms with Crippen LogP contribution in [0.25, 0.3) is 16.4 Å². The van der Waals surface area contributed by atoms with Crippen molar-refractivity contribution in [2.45, 2.75) is 20.0 Å². The van der Waals surface area contributed by atoms with Crippen LogP contribution >= 0.6 is 11.3 Å². The Morgan fingerprint density at radius 1 is 1.10 bits per heavy atom. The third kappa shape index (κ3) is 4.20. The summed E-state index contributed by atoms with van der Waals surface area (Å²) >= 11 is 1.50. The van der Waals surface area contributed by atoms with Crippen LogP contribution in [0, 0.1) is 6.92 Å². The summed E-state index contributed by atoms with van der Waals surface area (Å²) in [5, 5.41) is 5.64. The number of thiazole rings is 1. The maximum atomic E-state index is 12.6. The molecule has 1 atom stereocenters. The van der Waals surface area contributed by atoms with E-state index in [0.29, 0.717) is 11.6 Å². The zero-order valence-corrected chi connectivity index (χ0v) is 16.9. The number of ether oxygens (including phenoxy) is 1. The molecule has 0 spiro atoms. The average molecular weight is 404 g/mol. The first kappa shape index (κ1) is 18.9. The Bertz CT molecular complexity index is 1110. The first-order valence-corrected chi connectivity index (χ1v) is 10.1. The number of hydrogen-bond acceptors (Lipinski definition) is 5. The lowest BCUT2D eigenvalue weighted by molar-refractivity contribution is -0.122. The number of carbonyl (C=O) groups excluding carboxylic acids is 1. The molecule has 6 nitrogen and oxygen atoms in total. The van der Waals surface area contributed by atoms with Crippen LogP contribution in [0.15, 0.2) is 72.2 Å². The molecule has 7 heteroatoms. The summed E-state index contributed by atoms with van der Waals surface area (Å²) in [5.41, 5.74) is 1.93. The van der Waals surface area contributed by atoms with E-state index in [1.165, 1.54) is 11.3 Å². The Morgan fingerprint density at radius 3 is 2.52 bits per heavy atom. The van der Waals surface area contributed by atoms with E-state index >= 15 is 0 Å². The van der Waals surface area contributed by atoms with E-state index in [4.69, 9.17) is 9.72 Å². The lowest BCUT2D eigenvalue weighted by Gasteiger charge is -2.15. The topological polar surface area (TPSA) is 69.0 Å². The van der Waals surface area contributed by atoms with Gasteiger partial charge in [-0.1, -0.05) is 48.5 Å². The molecule has 0 fully saturated rings. The lowest BCUT2D eigenvalue weighted by Crippen LogP contribution is -2.30. The van der Waals surface area contributed by atoms with Gasteiger partial charge < -0.3 is 10.1 Å². The van der Waals surface area contributed by atoms with Crippen molar-refractivity contribution >= 4 is 23.1 Å². The van der Waals surface area contributed by atoms with E-state index < -0.39 is 6.10 Å². The van der Waals surface area contributed by atoms with Gasteiger partial charge in [-0.25, -0.2) is 9.97 Å². The summed E-state index contributed by atoms with van der Waals surface area (Å²) in [6.45, 7) is 3.59. The molecule has 1 unspecified atom stereocenters. The smallest absolute Gasteiger partial charge is 0.266 e. The number of aryl methyl sites for hydroxylation is 1. The van der Waals surface area contributed by atoms with E-state index in [9.17, 15) is 4.79 Å². The molecule has 29 heavy (non-hydrogen) atoms. The summed E-state index contributed by atoms with van der Waals surface area (Å²) in [7, 11) is 0. The molecule has 0 radical (unpaired) electrons. The predicted molar refractivity (Wildman–Crippen MR) is 115 cm³/mol. The van der Waals surface area contributed by atoms with Gasteiger partial charge in [-0.3, -0.25) is 9.36 Å². The van der Waals surface area contributed by atoms with Crippen molar-refractivity contribution < 1.29 is 9.53 Å². The summed E-state index contributed by atoms with van der Waals surface area (Å²) in [5.74, 6) is 1.69. The van der Waals surface area contributed by atoms with Crippen LogP contribution in [0.1, 0.15) is 12.7 Å². The Hall–Kier alpha value is -3.45. The normalized spacial score (nSPS) is 11.8. The highest BCUT2D eigenvalue weighted by Gasteiger charge is 2.19. The molecule has 1 amide bonds. The van der Waals surface area contributed by atoms with E-state index in [2.05, 4.69) is 10.3 Å². The van der Waals surface area contributed by atoms with Crippen LogP contribution in [0.4, 0.5) is 5.82 Å². The molecule has 2 aromatic carbocycles. The fourth-order valence-corrected chi connectivity index (χ4v) is 3.76. The molecule has 1 N–H and O–H groups in total. The van der Waals surface area contributed by atoms with E-state index in [1.807, 2.05) is 77.5 Å². The fraction of sp³-hybridized carbons (Fsp3) is 0.136. The van der Waals surface area contributed by atoms with Crippen molar-refractivity contribution in [1.29, 1.82) is 0 Å². The van der Waals surface area contributed by atoms with Crippen molar-refractivity contribution in [2.75, 3.05) is 5.32 Å². The number of hydrogen-bond donors (Lipinski definition) is 1. The molecule has 0 aliphatic heterocycles. The quantitative estimate of drug-likeness (QED) is 0.505. The molecule has 0 saturated carbocycles. The summed E-state index contributed by atoms with van der Waals surface area (Å²) in [6, 6.07) is 19.2. The largest absolute Gasteiger partial charge is 0.481 e. The first-order valence-electron chi connectivity index (χ1n) is 9.20. The van der Waals surface area contributed by atoms with Gasteiger partial charge in [0.05, 0.1) is 11.9 Å². The number of anilines is 1. The number of rotatable bonds is 6. The van der Waals surface area contributed by atoms with E-state index in [-0.39, 0.29) is 5.91 Å². The van der Waals surface area contributed by atoms with Gasteiger partial charge in [-0.05, 0) is 26.0 Å². The molecule has 146 valence electrons. The summed E-state index contributed by atoms with van der Waals surface area (Å²) < 4.78 is 7.55. The molecule has 2 heterocycles. The highest BCUT2D eigenvalue weighted by atomic mass is 32.1. The minimum Gasteiger partial charge on any atom is -0.481 e. The number of para-hydroxylation sites is 1. The Balaban J connectivity index is 1.53. The maximum absolute atomic E-state index is 12.6. The summed E-state index contributed by atoms with van der Waals surface area (Å²) in [4.78, 5) is 21.7. The van der Waals surface area contributed by atoms with Gasteiger partial charge >= 0.3 is 0 Å². The number of amides is 1. The molecule has 0 bridgehead atoms. The number of carbonyl (C=O) groups is 1. The predicted octanol–water partition coefficient (Wildman–Crippen LogP) is 4.71. The number of imidazole rings is 1. The molecule has 4 aromatic rings. The van der Waals surface area contributed by atoms with E-state index in [1.54, 1.807) is 13.1 Å². The van der Waals surface area contributed by atoms with Gasteiger partial charge in [-0.15, -0.1) is 11.3 Å². The molecule has 2 aromatic heterocycles. The van der Waals surface area contributed by atoms with Crippen molar-refractivity contribution in [3.8, 4) is 22.1 Å². The van der Waals surface area contributed by atoms with Crippen LogP contribution in [0.5, 0.6) is 5.75 Å². The minimum absolute atomic E-state index is 0.255. The maximum Gasteiger partial charge on any atom is 0.266 e. The number of nitrogens with zero attached hydrogens (tertiary/aromatic N) is 3.